The van der Waals surface area contributed by atoms with Crippen molar-refractivity contribution < 1.29 is 14.6 Å². The molecule has 0 fully saturated rings. The molecule has 0 unspecified atom stereocenters. The van der Waals surface area contributed by atoms with Gasteiger partial charge in [0.1, 0.15) is 10.7 Å². The molecule has 5 heteroatoms. The highest BCUT2D eigenvalue weighted by atomic mass is 32.2. The lowest BCUT2D eigenvalue weighted by molar-refractivity contribution is -0.131. The Balaban J connectivity index is 0.000000185. The second-order valence-electron chi connectivity index (χ2n) is 4.73. The van der Waals surface area contributed by atoms with Crippen molar-refractivity contribution in [3.05, 3.63) is 65.2 Å². The molecule has 0 bridgehead atoms. The van der Waals surface area contributed by atoms with Crippen molar-refractivity contribution in [3.63, 3.8) is 0 Å². The number of carboxylic acids is 1. The van der Waals surface area contributed by atoms with Crippen LogP contribution in [0.4, 0.5) is 5.69 Å². The fraction of sp³-hybridized carbons (Fsp3) is 0.167. The fourth-order valence-electron chi connectivity index (χ4n) is 1.99. The summed E-state index contributed by atoms with van der Waals surface area (Å²) in [6.07, 6.45) is 0. The van der Waals surface area contributed by atoms with Crippen molar-refractivity contribution in [1.82, 2.24) is 0 Å². The topological polar surface area (TPSA) is 58.6 Å². The molecule has 23 heavy (non-hydrogen) atoms. The number of allylic oxidation sites excluding steroid dienone is 1. The molecule has 2 aromatic rings. The van der Waals surface area contributed by atoms with Crippen LogP contribution in [0.25, 0.3) is 0 Å². The summed E-state index contributed by atoms with van der Waals surface area (Å²) in [6.45, 7) is 4.49. The van der Waals surface area contributed by atoms with Crippen LogP contribution in [0.3, 0.4) is 0 Å². The number of ether oxygens (including phenoxy) is 1. The number of rotatable bonds is 3. The van der Waals surface area contributed by atoms with Gasteiger partial charge in [-0.2, -0.15) is 0 Å². The highest BCUT2D eigenvalue weighted by Crippen LogP contribution is 2.39. The van der Waals surface area contributed by atoms with E-state index in [1.54, 1.807) is 6.92 Å². The average Bonchev–Trinajstić information content (AvgIpc) is 2.56. The molecule has 0 aliphatic carbocycles. The van der Waals surface area contributed by atoms with Gasteiger partial charge < -0.3 is 15.2 Å². The van der Waals surface area contributed by atoms with Gasteiger partial charge in [0.25, 0.3) is 0 Å². The minimum Gasteiger partial charge on any atom is -0.494 e. The summed E-state index contributed by atoms with van der Waals surface area (Å²) in [6, 6.07) is 17.5. The lowest BCUT2D eigenvalue weighted by atomic mass is 10.3. The molecule has 0 spiro atoms. The van der Waals surface area contributed by atoms with Crippen LogP contribution < -0.4 is 10.1 Å². The Morgan fingerprint density at radius 1 is 1.13 bits per heavy atom. The monoisotopic (exact) mass is 329 g/mol. The van der Waals surface area contributed by atoms with Crippen LogP contribution in [0, 0.1) is 0 Å². The van der Waals surface area contributed by atoms with Crippen LogP contribution >= 0.6 is 11.8 Å². The van der Waals surface area contributed by atoms with E-state index < -0.39 is 5.97 Å². The molecular formula is C18H19NO3S. The number of hydrogen-bond donors (Lipinski definition) is 2. The van der Waals surface area contributed by atoms with Gasteiger partial charge in [0, 0.05) is 10.6 Å². The molecule has 0 amide bonds. The number of nitrogens with one attached hydrogen (secondary N) is 1. The third kappa shape index (κ3) is 4.79. The maximum atomic E-state index is 10.9. The molecule has 2 N–H and O–H groups in total. The largest absolute Gasteiger partial charge is 0.494 e. The number of anilines is 1. The van der Waals surface area contributed by atoms with E-state index in [2.05, 4.69) is 5.32 Å². The van der Waals surface area contributed by atoms with E-state index in [1.807, 2.05) is 61.5 Å². The minimum atomic E-state index is -0.880. The molecule has 1 heterocycles. The summed E-state index contributed by atoms with van der Waals surface area (Å²) in [5, 5.41) is 12.0. The van der Waals surface area contributed by atoms with E-state index in [-0.39, 0.29) is 0 Å². The number of benzene rings is 2. The van der Waals surface area contributed by atoms with Gasteiger partial charge in [0.15, 0.2) is 0 Å². The lowest BCUT2D eigenvalue weighted by Crippen LogP contribution is -2.10. The minimum absolute atomic E-state index is 0.365. The molecule has 0 radical (unpaired) electrons. The Morgan fingerprint density at radius 2 is 1.78 bits per heavy atom. The third-order valence-electron chi connectivity index (χ3n) is 3.01. The molecule has 1 aliphatic rings. The second kappa shape index (κ2) is 8.29. The predicted octanol–water partition coefficient (Wildman–Crippen LogP) is 4.61. The molecule has 0 atom stereocenters. The second-order valence-corrected chi connectivity index (χ2v) is 5.78. The van der Waals surface area contributed by atoms with Crippen LogP contribution in [0.5, 0.6) is 5.75 Å². The molecule has 120 valence electrons. The molecule has 2 aromatic carbocycles. The van der Waals surface area contributed by atoms with Gasteiger partial charge in [0.2, 0.25) is 0 Å². The van der Waals surface area contributed by atoms with Gasteiger partial charge in [0.05, 0.1) is 12.3 Å². The van der Waals surface area contributed by atoms with Crippen molar-refractivity contribution in [2.45, 2.75) is 18.7 Å². The molecule has 4 nitrogen and oxygen atoms in total. The summed E-state index contributed by atoms with van der Waals surface area (Å²) < 4.78 is 5.21. The van der Waals surface area contributed by atoms with E-state index in [9.17, 15) is 4.79 Å². The van der Waals surface area contributed by atoms with Crippen LogP contribution in [0.15, 0.2) is 70.1 Å². The van der Waals surface area contributed by atoms with Gasteiger partial charge in [-0.05, 0) is 38.1 Å². The number of para-hydroxylation sites is 2. The standard InChI is InChI=1S/C10H9NO2S.C8H10O/c1-6-9(10(12)13)14-8-5-3-2-4-7(8)11-6;1-2-9-8-6-4-3-5-7-8/h2-5,11H,1H3,(H,12,13);3-7H,2H2,1H3. The van der Waals surface area contributed by atoms with Gasteiger partial charge in [-0.3, -0.25) is 0 Å². The first kappa shape index (κ1) is 17.0. The summed E-state index contributed by atoms with van der Waals surface area (Å²) in [5.41, 5.74) is 1.67. The first-order valence-electron chi connectivity index (χ1n) is 7.27. The molecule has 0 aromatic heterocycles. The summed E-state index contributed by atoms with van der Waals surface area (Å²) >= 11 is 1.29. The molecule has 1 aliphatic heterocycles. The normalized spacial score (nSPS) is 12.4. The van der Waals surface area contributed by atoms with E-state index in [0.29, 0.717) is 10.6 Å². The van der Waals surface area contributed by atoms with Crippen molar-refractivity contribution in [3.8, 4) is 5.75 Å². The number of thioether (sulfide) groups is 1. The van der Waals surface area contributed by atoms with Crippen molar-refractivity contribution in [2.24, 2.45) is 0 Å². The van der Waals surface area contributed by atoms with E-state index in [0.717, 1.165) is 22.9 Å². The molecule has 3 rings (SSSR count). The van der Waals surface area contributed by atoms with Gasteiger partial charge in [-0.1, -0.05) is 42.1 Å². The average molecular weight is 329 g/mol. The number of hydrogen-bond acceptors (Lipinski definition) is 4. The summed E-state index contributed by atoms with van der Waals surface area (Å²) in [4.78, 5) is 12.2. The zero-order valence-electron chi connectivity index (χ0n) is 13.1. The maximum Gasteiger partial charge on any atom is 0.344 e. The number of carbonyl (C=O) groups is 1. The lowest BCUT2D eigenvalue weighted by Gasteiger charge is -2.19. The van der Waals surface area contributed by atoms with Crippen molar-refractivity contribution in [2.75, 3.05) is 11.9 Å². The Kier molecular flexibility index (Phi) is 6.11. The van der Waals surface area contributed by atoms with E-state index >= 15 is 0 Å². The number of aliphatic carboxylic acids is 1. The summed E-state index contributed by atoms with van der Waals surface area (Å²) in [5.74, 6) is 0.0644. The van der Waals surface area contributed by atoms with Gasteiger partial charge in [-0.25, -0.2) is 4.79 Å². The van der Waals surface area contributed by atoms with Crippen molar-refractivity contribution in [1.29, 1.82) is 0 Å². The number of carboxylic acid groups (broad SMARTS) is 1. The maximum absolute atomic E-state index is 10.9. The Morgan fingerprint density at radius 3 is 2.43 bits per heavy atom. The van der Waals surface area contributed by atoms with Gasteiger partial charge in [-0.15, -0.1) is 0 Å². The van der Waals surface area contributed by atoms with Crippen LogP contribution in [-0.2, 0) is 4.79 Å². The summed E-state index contributed by atoms with van der Waals surface area (Å²) in [7, 11) is 0. The molecule has 0 saturated carbocycles. The highest BCUT2D eigenvalue weighted by Gasteiger charge is 2.20. The van der Waals surface area contributed by atoms with Crippen molar-refractivity contribution >= 4 is 23.4 Å². The SMILES string of the molecule is CC1=C(C(=O)O)Sc2ccccc2N1.CCOc1ccccc1. The van der Waals surface area contributed by atoms with Crippen LogP contribution in [0.2, 0.25) is 0 Å². The zero-order chi connectivity index (χ0) is 16.7. The predicted molar refractivity (Wildman–Crippen MR) is 93.9 cm³/mol. The van der Waals surface area contributed by atoms with E-state index in [1.165, 1.54) is 11.8 Å². The Hall–Kier alpha value is -2.40. The van der Waals surface area contributed by atoms with Crippen LogP contribution in [-0.4, -0.2) is 17.7 Å². The highest BCUT2D eigenvalue weighted by molar-refractivity contribution is 8.04. The Bertz CT molecular complexity index is 698. The van der Waals surface area contributed by atoms with Gasteiger partial charge >= 0.3 is 5.97 Å². The van der Waals surface area contributed by atoms with Crippen LogP contribution in [0.1, 0.15) is 13.8 Å². The quantitative estimate of drug-likeness (QED) is 0.861. The third-order valence-corrected chi connectivity index (χ3v) is 4.27. The zero-order valence-corrected chi connectivity index (χ0v) is 13.9. The first-order valence-corrected chi connectivity index (χ1v) is 8.09. The fourth-order valence-corrected chi connectivity index (χ4v) is 2.88. The van der Waals surface area contributed by atoms with E-state index in [4.69, 9.17) is 9.84 Å². The molecular weight excluding hydrogens is 310 g/mol. The Labute approximate surface area is 140 Å². The first-order chi connectivity index (χ1) is 11.1. The smallest absolute Gasteiger partial charge is 0.344 e. The number of fused-ring (bicyclic) bond motifs is 1. The molecule has 0 saturated heterocycles.